The van der Waals surface area contributed by atoms with Crippen molar-refractivity contribution in [1.29, 1.82) is 0 Å². The van der Waals surface area contributed by atoms with Crippen LogP contribution in [0.25, 0.3) is 11.5 Å². The molecule has 88 valence electrons. The van der Waals surface area contributed by atoms with Crippen molar-refractivity contribution in [1.82, 2.24) is 15.1 Å². The smallest absolute Gasteiger partial charge is 0.341 e. The highest BCUT2D eigenvalue weighted by atomic mass is 16.5. The van der Waals surface area contributed by atoms with Gasteiger partial charge in [-0.05, 0) is 12.8 Å². The highest BCUT2D eigenvalue weighted by Gasteiger charge is 2.32. The minimum absolute atomic E-state index is 0.143. The Morgan fingerprint density at radius 2 is 2.35 bits per heavy atom. The number of aromatic nitrogens is 3. The van der Waals surface area contributed by atoms with Gasteiger partial charge in [0, 0.05) is 18.3 Å². The Labute approximate surface area is 96.7 Å². The number of H-pyrrole nitrogens is 1. The summed E-state index contributed by atoms with van der Waals surface area (Å²) >= 11 is 0. The van der Waals surface area contributed by atoms with E-state index in [4.69, 9.17) is 4.52 Å². The first-order valence-corrected chi connectivity index (χ1v) is 5.50. The fourth-order valence-electron chi connectivity index (χ4n) is 2.01. The van der Waals surface area contributed by atoms with Crippen LogP contribution in [0.15, 0.2) is 16.9 Å². The highest BCUT2D eigenvalue weighted by Crippen LogP contribution is 2.40. The quantitative estimate of drug-likeness (QED) is 0.846. The Balaban J connectivity index is 2.10. The Hall–Kier alpha value is -2.11. The number of imidazole rings is 1. The summed E-state index contributed by atoms with van der Waals surface area (Å²) in [4.78, 5) is 18.1. The molecule has 1 saturated carbocycles. The zero-order valence-corrected chi connectivity index (χ0v) is 9.01. The molecule has 6 nitrogen and oxygen atoms in total. The number of hydrogen-bond donors (Lipinski definition) is 2. The topological polar surface area (TPSA) is 92.0 Å². The van der Waals surface area contributed by atoms with E-state index in [0.29, 0.717) is 11.6 Å². The molecule has 1 fully saturated rings. The van der Waals surface area contributed by atoms with E-state index in [0.717, 1.165) is 19.3 Å². The molecule has 0 radical (unpaired) electrons. The van der Waals surface area contributed by atoms with E-state index < -0.39 is 5.97 Å². The summed E-state index contributed by atoms with van der Waals surface area (Å²) in [5.41, 5.74) is 0.425. The van der Waals surface area contributed by atoms with Crippen LogP contribution in [-0.2, 0) is 0 Å². The van der Waals surface area contributed by atoms with E-state index in [1.54, 1.807) is 12.4 Å². The Kier molecular flexibility index (Phi) is 2.21. The second-order valence-electron chi connectivity index (χ2n) is 4.14. The van der Waals surface area contributed by atoms with Gasteiger partial charge in [0.1, 0.15) is 5.56 Å². The van der Waals surface area contributed by atoms with Crippen molar-refractivity contribution in [3.8, 4) is 11.5 Å². The lowest BCUT2D eigenvalue weighted by Gasteiger charge is -2.22. The number of nitrogens with zero attached hydrogens (tertiary/aromatic N) is 2. The molecule has 0 amide bonds. The van der Waals surface area contributed by atoms with Gasteiger partial charge in [-0.25, -0.2) is 9.78 Å². The minimum atomic E-state index is -1.01. The second kappa shape index (κ2) is 3.73. The molecule has 2 aromatic heterocycles. The van der Waals surface area contributed by atoms with Crippen LogP contribution < -0.4 is 0 Å². The average molecular weight is 233 g/mol. The maximum absolute atomic E-state index is 11.3. The zero-order valence-electron chi connectivity index (χ0n) is 9.01. The van der Waals surface area contributed by atoms with E-state index in [1.165, 1.54) is 0 Å². The monoisotopic (exact) mass is 233 g/mol. The van der Waals surface area contributed by atoms with Crippen molar-refractivity contribution < 1.29 is 14.4 Å². The van der Waals surface area contributed by atoms with Gasteiger partial charge in [0.2, 0.25) is 0 Å². The number of aromatic amines is 1. The third kappa shape index (κ3) is 1.52. The first-order chi connectivity index (χ1) is 8.27. The van der Waals surface area contributed by atoms with Crippen LogP contribution in [0.4, 0.5) is 0 Å². The molecule has 0 aromatic carbocycles. The fraction of sp³-hybridized carbons (Fsp3) is 0.364. The number of carboxylic acids is 1. The van der Waals surface area contributed by atoms with Crippen LogP contribution in [-0.4, -0.2) is 26.2 Å². The Bertz CT molecular complexity index is 540. The molecule has 17 heavy (non-hydrogen) atoms. The number of carboxylic acid groups (broad SMARTS) is 1. The number of nitrogens with one attached hydrogen (secondary N) is 1. The van der Waals surface area contributed by atoms with Crippen molar-refractivity contribution in [3.63, 3.8) is 0 Å². The molecule has 3 rings (SSSR count). The molecule has 0 aliphatic heterocycles. The lowest BCUT2D eigenvalue weighted by molar-refractivity contribution is 0.0693. The molecule has 1 aliphatic carbocycles. The molecule has 0 bridgehead atoms. The second-order valence-corrected chi connectivity index (χ2v) is 4.14. The van der Waals surface area contributed by atoms with Crippen molar-refractivity contribution in [2.24, 2.45) is 0 Å². The molecule has 0 saturated heterocycles. The summed E-state index contributed by atoms with van der Waals surface area (Å²) in [7, 11) is 0. The molecule has 0 atom stereocenters. The van der Waals surface area contributed by atoms with Crippen molar-refractivity contribution in [2.45, 2.75) is 25.2 Å². The summed E-state index contributed by atoms with van der Waals surface area (Å²) in [5, 5.41) is 13.1. The van der Waals surface area contributed by atoms with E-state index >= 15 is 0 Å². The molecular formula is C11H11N3O3. The van der Waals surface area contributed by atoms with E-state index in [1.807, 2.05) is 0 Å². The first-order valence-electron chi connectivity index (χ1n) is 5.50. The molecule has 2 aromatic rings. The lowest BCUT2D eigenvalue weighted by atomic mass is 9.82. The Morgan fingerprint density at radius 3 is 2.88 bits per heavy atom. The molecule has 0 unspecified atom stereocenters. The summed E-state index contributed by atoms with van der Waals surface area (Å²) in [6.45, 7) is 0. The van der Waals surface area contributed by atoms with Gasteiger partial charge in [-0.3, -0.25) is 0 Å². The van der Waals surface area contributed by atoms with E-state index in [2.05, 4.69) is 15.1 Å². The first kappa shape index (κ1) is 10.1. The Morgan fingerprint density at radius 1 is 1.53 bits per heavy atom. The van der Waals surface area contributed by atoms with Gasteiger partial charge < -0.3 is 14.6 Å². The van der Waals surface area contributed by atoms with Crippen LogP contribution >= 0.6 is 0 Å². The fourth-order valence-corrected chi connectivity index (χ4v) is 2.01. The maximum atomic E-state index is 11.3. The lowest BCUT2D eigenvalue weighted by Crippen LogP contribution is -2.12. The summed E-state index contributed by atoms with van der Waals surface area (Å²) in [6, 6.07) is 0. The number of aromatic carboxylic acids is 1. The van der Waals surface area contributed by atoms with Gasteiger partial charge in [0.25, 0.3) is 0 Å². The largest absolute Gasteiger partial charge is 0.477 e. The van der Waals surface area contributed by atoms with Crippen LogP contribution in [0.3, 0.4) is 0 Å². The van der Waals surface area contributed by atoms with Crippen LogP contribution in [0.1, 0.15) is 41.3 Å². The van der Waals surface area contributed by atoms with Gasteiger partial charge in [0.05, 0.1) is 0 Å². The molecule has 2 N–H and O–H groups in total. The van der Waals surface area contributed by atoms with Crippen LogP contribution in [0.2, 0.25) is 0 Å². The number of rotatable bonds is 3. The normalized spacial score (nSPS) is 15.8. The molecule has 1 aliphatic rings. The van der Waals surface area contributed by atoms with Gasteiger partial charge in [-0.2, -0.15) is 0 Å². The molecule has 2 heterocycles. The number of carbonyl (C=O) groups is 1. The van der Waals surface area contributed by atoms with E-state index in [-0.39, 0.29) is 17.2 Å². The zero-order chi connectivity index (χ0) is 11.8. The predicted molar refractivity (Wildman–Crippen MR) is 57.6 cm³/mol. The van der Waals surface area contributed by atoms with Gasteiger partial charge in [-0.15, -0.1) is 0 Å². The van der Waals surface area contributed by atoms with Gasteiger partial charge >= 0.3 is 5.97 Å². The highest BCUT2D eigenvalue weighted by molar-refractivity contribution is 5.95. The summed E-state index contributed by atoms with van der Waals surface area (Å²) in [6.07, 6.45) is 6.22. The van der Waals surface area contributed by atoms with Crippen molar-refractivity contribution in [2.75, 3.05) is 0 Å². The third-order valence-corrected chi connectivity index (χ3v) is 3.13. The van der Waals surface area contributed by atoms with Crippen LogP contribution in [0.5, 0.6) is 0 Å². The van der Waals surface area contributed by atoms with Gasteiger partial charge in [-0.1, -0.05) is 11.6 Å². The standard InChI is InChI=1S/C11H11N3O3/c15-11(16)7-8(10-12-4-5-13-10)14-17-9(7)6-2-1-3-6/h4-6H,1-3H2,(H,12,13)(H,15,16). The summed E-state index contributed by atoms with van der Waals surface area (Å²) < 4.78 is 5.19. The SMILES string of the molecule is O=C(O)c1c(-c2ncc[nH]2)noc1C1CCC1. The average Bonchev–Trinajstić information content (AvgIpc) is 2.80. The van der Waals surface area contributed by atoms with Crippen molar-refractivity contribution in [3.05, 3.63) is 23.7 Å². The molecule has 6 heteroatoms. The van der Waals surface area contributed by atoms with E-state index in [9.17, 15) is 9.90 Å². The van der Waals surface area contributed by atoms with Crippen LogP contribution in [0, 0.1) is 0 Å². The number of hydrogen-bond acceptors (Lipinski definition) is 4. The third-order valence-electron chi connectivity index (χ3n) is 3.13. The predicted octanol–water partition coefficient (Wildman–Crippen LogP) is 2.03. The van der Waals surface area contributed by atoms with Gasteiger partial charge in [0.15, 0.2) is 17.3 Å². The summed E-state index contributed by atoms with van der Waals surface area (Å²) in [5.74, 6) is 0.0868. The maximum Gasteiger partial charge on any atom is 0.341 e. The molecular weight excluding hydrogens is 222 g/mol. The minimum Gasteiger partial charge on any atom is -0.477 e. The molecule has 0 spiro atoms. The van der Waals surface area contributed by atoms with Crippen molar-refractivity contribution >= 4 is 5.97 Å².